The van der Waals surface area contributed by atoms with Crippen molar-refractivity contribution in [2.24, 2.45) is 11.6 Å². The van der Waals surface area contributed by atoms with E-state index < -0.39 is 6.09 Å². The van der Waals surface area contributed by atoms with Crippen LogP contribution in [0.1, 0.15) is 6.42 Å². The molecule has 1 saturated heterocycles. The molecule has 58 valence electrons. The molecule has 5 nitrogen and oxygen atoms in total. The summed E-state index contributed by atoms with van der Waals surface area (Å²) in [6.07, 6.45) is -0.0535. The van der Waals surface area contributed by atoms with Crippen LogP contribution >= 0.6 is 0 Å². The zero-order valence-electron chi connectivity index (χ0n) is 5.62. The van der Waals surface area contributed by atoms with Gasteiger partial charge in [-0.2, -0.15) is 0 Å². The summed E-state index contributed by atoms with van der Waals surface area (Å²) in [6, 6.07) is 0. The first kappa shape index (κ1) is 7.30. The van der Waals surface area contributed by atoms with E-state index in [1.165, 1.54) is 0 Å². The lowest BCUT2D eigenvalue weighted by molar-refractivity contribution is 0.109. The molecular weight excluding hydrogens is 134 g/mol. The third kappa shape index (κ3) is 1.85. The number of nitrogens with two attached hydrogens (primary N) is 2. The second-order valence-corrected chi connectivity index (χ2v) is 2.34. The van der Waals surface area contributed by atoms with Gasteiger partial charge in [0.15, 0.2) is 0 Å². The number of carbonyl (C=O) groups excluding carboxylic acids is 1. The molecule has 0 aromatic heterocycles. The molecule has 0 unspecified atom stereocenters. The minimum Gasteiger partial charge on any atom is -0.445 e. The largest absolute Gasteiger partial charge is 0.445 e. The van der Waals surface area contributed by atoms with Gasteiger partial charge < -0.3 is 10.5 Å². The van der Waals surface area contributed by atoms with Gasteiger partial charge in [0, 0.05) is 6.54 Å². The zero-order chi connectivity index (χ0) is 7.56. The molecule has 1 heterocycles. The van der Waals surface area contributed by atoms with E-state index in [0.717, 1.165) is 13.0 Å². The topological polar surface area (TPSA) is 81.6 Å². The van der Waals surface area contributed by atoms with Crippen molar-refractivity contribution in [2.75, 3.05) is 13.1 Å². The lowest BCUT2D eigenvalue weighted by Crippen LogP contribution is -2.31. The van der Waals surface area contributed by atoms with Crippen LogP contribution in [0.4, 0.5) is 4.79 Å². The predicted molar refractivity (Wildman–Crippen MR) is 34.8 cm³/mol. The maximum Gasteiger partial charge on any atom is 0.404 e. The summed E-state index contributed by atoms with van der Waals surface area (Å²) < 4.78 is 4.70. The quantitative estimate of drug-likeness (QED) is 0.465. The lowest BCUT2D eigenvalue weighted by Gasteiger charge is -2.08. The minimum atomic E-state index is -0.722. The molecule has 1 amide bonds. The smallest absolute Gasteiger partial charge is 0.404 e. The molecule has 0 spiro atoms. The summed E-state index contributed by atoms with van der Waals surface area (Å²) in [5, 5.41) is 1.60. The maximum absolute atomic E-state index is 10.2. The predicted octanol–water partition coefficient (Wildman–Crippen LogP) is -0.970. The number of rotatable bonds is 1. The highest BCUT2D eigenvalue weighted by molar-refractivity contribution is 5.64. The first-order valence-electron chi connectivity index (χ1n) is 3.14. The molecule has 10 heavy (non-hydrogen) atoms. The van der Waals surface area contributed by atoms with Gasteiger partial charge in [-0.15, -0.1) is 0 Å². The summed E-state index contributed by atoms with van der Waals surface area (Å²) in [4.78, 5) is 10.2. The van der Waals surface area contributed by atoms with Crippen LogP contribution in [0.3, 0.4) is 0 Å². The summed E-state index contributed by atoms with van der Waals surface area (Å²) >= 11 is 0. The Bertz CT molecular complexity index is 139. The Kier molecular flexibility index (Phi) is 2.08. The third-order valence-electron chi connectivity index (χ3n) is 1.46. The van der Waals surface area contributed by atoms with Crippen LogP contribution in [0.2, 0.25) is 0 Å². The molecule has 0 radical (unpaired) electrons. The molecule has 0 saturated carbocycles. The lowest BCUT2D eigenvalue weighted by atomic mass is 10.3. The first-order valence-corrected chi connectivity index (χ1v) is 3.14. The average Bonchev–Trinajstić information content (AvgIpc) is 2.13. The minimum absolute atomic E-state index is 0.109. The zero-order valence-corrected chi connectivity index (χ0v) is 5.62. The summed E-state index contributed by atoms with van der Waals surface area (Å²) in [7, 11) is 0. The van der Waals surface area contributed by atoms with Gasteiger partial charge in [-0.25, -0.2) is 9.80 Å². The van der Waals surface area contributed by atoms with Crippen LogP contribution in [0.5, 0.6) is 0 Å². The number of ether oxygens (including phenoxy) is 1. The van der Waals surface area contributed by atoms with E-state index in [1.54, 1.807) is 5.01 Å². The van der Waals surface area contributed by atoms with E-state index in [4.69, 9.17) is 16.3 Å². The monoisotopic (exact) mass is 145 g/mol. The van der Waals surface area contributed by atoms with Crippen LogP contribution in [0.25, 0.3) is 0 Å². The Labute approximate surface area is 58.9 Å². The van der Waals surface area contributed by atoms with Crippen molar-refractivity contribution >= 4 is 6.09 Å². The van der Waals surface area contributed by atoms with Crippen LogP contribution in [0, 0.1) is 0 Å². The van der Waals surface area contributed by atoms with Crippen molar-refractivity contribution in [3.8, 4) is 0 Å². The van der Waals surface area contributed by atoms with Crippen molar-refractivity contribution in [3.63, 3.8) is 0 Å². The number of hydrazine groups is 1. The Hall–Kier alpha value is -0.810. The average molecular weight is 145 g/mol. The van der Waals surface area contributed by atoms with Gasteiger partial charge in [0.2, 0.25) is 0 Å². The number of amides is 1. The molecule has 0 aliphatic carbocycles. The fourth-order valence-electron chi connectivity index (χ4n) is 1.01. The SMILES string of the molecule is NC(=O)O[C@H]1CCN(N)C1. The summed E-state index contributed by atoms with van der Waals surface area (Å²) in [5.74, 6) is 5.40. The van der Waals surface area contributed by atoms with Crippen LogP contribution in [-0.2, 0) is 4.74 Å². The van der Waals surface area contributed by atoms with E-state index in [1.807, 2.05) is 0 Å². The van der Waals surface area contributed by atoms with Crippen LogP contribution in [0.15, 0.2) is 0 Å². The van der Waals surface area contributed by atoms with Crippen LogP contribution in [-0.4, -0.2) is 30.3 Å². The molecule has 4 N–H and O–H groups in total. The second kappa shape index (κ2) is 2.85. The number of hydrogen-bond donors (Lipinski definition) is 2. The highest BCUT2D eigenvalue weighted by atomic mass is 16.6. The highest BCUT2D eigenvalue weighted by Crippen LogP contribution is 2.07. The number of primary amides is 1. The van der Waals surface area contributed by atoms with Crippen molar-refractivity contribution in [1.29, 1.82) is 0 Å². The summed E-state index contributed by atoms with van der Waals surface area (Å²) in [6.45, 7) is 1.35. The Balaban J connectivity index is 2.24. The highest BCUT2D eigenvalue weighted by Gasteiger charge is 2.22. The molecule has 5 heteroatoms. The first-order chi connectivity index (χ1) is 4.68. The standard InChI is InChI=1S/C5H11N3O2/c6-5(9)10-4-1-2-8(7)3-4/h4H,1-3,7H2,(H2,6,9)/t4-/m0/s1. The van der Waals surface area contributed by atoms with Crippen molar-refractivity contribution in [3.05, 3.63) is 0 Å². The van der Waals surface area contributed by atoms with Crippen molar-refractivity contribution in [1.82, 2.24) is 5.01 Å². The fraction of sp³-hybridized carbons (Fsp3) is 0.800. The van der Waals surface area contributed by atoms with Crippen molar-refractivity contribution in [2.45, 2.75) is 12.5 Å². The molecule has 1 rings (SSSR count). The normalized spacial score (nSPS) is 26.7. The molecule has 0 aromatic rings. The number of nitrogens with zero attached hydrogens (tertiary/aromatic N) is 1. The van der Waals surface area contributed by atoms with Crippen molar-refractivity contribution < 1.29 is 9.53 Å². The van der Waals surface area contributed by atoms with Gasteiger partial charge in [0.25, 0.3) is 0 Å². The molecular formula is C5H11N3O2. The van der Waals surface area contributed by atoms with Gasteiger partial charge in [-0.05, 0) is 6.42 Å². The van der Waals surface area contributed by atoms with Gasteiger partial charge in [-0.3, -0.25) is 5.84 Å². The van der Waals surface area contributed by atoms with Gasteiger partial charge in [0.05, 0.1) is 6.54 Å². The van der Waals surface area contributed by atoms with E-state index >= 15 is 0 Å². The number of carbonyl (C=O) groups is 1. The fourth-order valence-corrected chi connectivity index (χ4v) is 1.01. The Morgan fingerprint density at radius 2 is 2.40 bits per heavy atom. The van der Waals surface area contributed by atoms with E-state index in [0.29, 0.717) is 6.54 Å². The summed E-state index contributed by atoms with van der Waals surface area (Å²) in [5.41, 5.74) is 4.80. The van der Waals surface area contributed by atoms with Crippen LogP contribution < -0.4 is 11.6 Å². The number of hydrogen-bond acceptors (Lipinski definition) is 4. The van der Waals surface area contributed by atoms with E-state index in [-0.39, 0.29) is 6.10 Å². The van der Waals surface area contributed by atoms with Gasteiger partial charge in [-0.1, -0.05) is 0 Å². The Morgan fingerprint density at radius 3 is 2.80 bits per heavy atom. The van der Waals surface area contributed by atoms with Gasteiger partial charge >= 0.3 is 6.09 Å². The van der Waals surface area contributed by atoms with E-state index in [2.05, 4.69) is 0 Å². The molecule has 1 fully saturated rings. The maximum atomic E-state index is 10.2. The molecule has 1 atom stereocenters. The second-order valence-electron chi connectivity index (χ2n) is 2.34. The van der Waals surface area contributed by atoms with E-state index in [9.17, 15) is 4.79 Å². The molecule has 0 aromatic carbocycles. The third-order valence-corrected chi connectivity index (χ3v) is 1.46. The molecule has 0 bridgehead atoms. The molecule has 1 aliphatic heterocycles. The van der Waals surface area contributed by atoms with Gasteiger partial charge in [0.1, 0.15) is 6.10 Å². The Morgan fingerprint density at radius 1 is 1.70 bits per heavy atom. The molecule has 1 aliphatic rings.